The fraction of sp³-hybridized carbons (Fsp3) is 0. The van der Waals surface area contributed by atoms with Crippen molar-refractivity contribution in [2.45, 2.75) is 0 Å². The van der Waals surface area contributed by atoms with E-state index in [1.54, 1.807) is 18.5 Å². The van der Waals surface area contributed by atoms with Crippen LogP contribution in [-0.4, -0.2) is 14.1 Å². The molecule has 43 heavy (non-hydrogen) atoms. The topological polar surface area (TPSA) is 39.8 Å². The molecule has 0 fully saturated rings. The number of fused-ring (bicyclic) bond motifs is 7. The fourth-order valence-corrected chi connectivity index (χ4v) is 7.58. The number of pyridine rings is 1. The third kappa shape index (κ3) is 3.49. The van der Waals surface area contributed by atoms with Crippen molar-refractivity contribution in [1.29, 1.82) is 0 Å². The van der Waals surface area contributed by atoms with E-state index in [0.29, 0.717) is 0 Å². The average molecular weight is 570 g/mol. The van der Waals surface area contributed by atoms with E-state index in [9.17, 15) is 4.79 Å². The molecule has 0 spiro atoms. The summed E-state index contributed by atoms with van der Waals surface area (Å²) in [5, 5.41) is 5.84. The minimum atomic E-state index is 0.0251. The first-order valence-electron chi connectivity index (χ1n) is 14.3. The van der Waals surface area contributed by atoms with Crippen molar-refractivity contribution < 1.29 is 0 Å². The Morgan fingerprint density at radius 2 is 1.02 bits per heavy atom. The average Bonchev–Trinajstić information content (AvgIpc) is 3.57. The van der Waals surface area contributed by atoms with Crippen LogP contribution in [0.1, 0.15) is 0 Å². The molecule has 0 bridgehead atoms. The number of hydrogen-bond donors (Lipinski definition) is 0. The second-order valence-corrected chi connectivity index (χ2v) is 11.8. The summed E-state index contributed by atoms with van der Waals surface area (Å²) < 4.78 is 5.75. The zero-order valence-electron chi connectivity index (χ0n) is 22.9. The Balaban J connectivity index is 1.57. The zero-order valence-corrected chi connectivity index (χ0v) is 23.8. The fourth-order valence-electron chi connectivity index (χ4n) is 6.75. The van der Waals surface area contributed by atoms with Crippen LogP contribution in [0.2, 0.25) is 0 Å². The van der Waals surface area contributed by atoms with Crippen molar-refractivity contribution in [2.24, 2.45) is 0 Å². The molecule has 9 rings (SSSR count). The highest BCUT2D eigenvalue weighted by molar-refractivity contribution is 7.16. The molecular formula is C38H23N3OS. The summed E-state index contributed by atoms with van der Waals surface area (Å²) >= 11 is 1.29. The van der Waals surface area contributed by atoms with Crippen LogP contribution in [0.3, 0.4) is 0 Å². The molecule has 202 valence electrons. The second-order valence-electron chi connectivity index (χ2n) is 10.8. The van der Waals surface area contributed by atoms with E-state index in [1.165, 1.54) is 32.9 Å². The SMILES string of the molecule is O=c1cc(-c2ccncc2)c2c(-n3c4ccccc4c4ccccc43)c(-n3c4ccccc4c4ccccc43)ccc2s1. The minimum Gasteiger partial charge on any atom is -0.307 e. The third-order valence-corrected chi connectivity index (χ3v) is 9.36. The van der Waals surface area contributed by atoms with Crippen molar-refractivity contribution in [1.82, 2.24) is 14.1 Å². The summed E-state index contributed by atoms with van der Waals surface area (Å²) in [6.07, 6.45) is 3.58. The molecule has 0 radical (unpaired) electrons. The van der Waals surface area contributed by atoms with Crippen LogP contribution in [0.25, 0.3) is 76.2 Å². The van der Waals surface area contributed by atoms with Gasteiger partial charge in [0.15, 0.2) is 0 Å². The normalized spacial score (nSPS) is 11.8. The van der Waals surface area contributed by atoms with Gasteiger partial charge in [0.05, 0.1) is 33.4 Å². The molecule has 0 N–H and O–H groups in total. The third-order valence-electron chi connectivity index (χ3n) is 8.48. The van der Waals surface area contributed by atoms with Crippen molar-refractivity contribution in [3.63, 3.8) is 0 Å². The van der Waals surface area contributed by atoms with Gasteiger partial charge in [-0.25, -0.2) is 0 Å². The van der Waals surface area contributed by atoms with Crippen molar-refractivity contribution >= 4 is 65.0 Å². The number of rotatable bonds is 3. The summed E-state index contributed by atoms with van der Waals surface area (Å²) in [4.78, 5) is 17.4. The predicted octanol–water partition coefficient (Wildman–Crippen LogP) is 9.52. The molecule has 0 aliphatic carbocycles. The van der Waals surface area contributed by atoms with Gasteiger partial charge in [0.1, 0.15) is 0 Å². The Kier molecular flexibility index (Phi) is 5.18. The number of para-hydroxylation sites is 4. The molecule has 0 unspecified atom stereocenters. The van der Waals surface area contributed by atoms with Crippen LogP contribution in [0.5, 0.6) is 0 Å². The van der Waals surface area contributed by atoms with Crippen LogP contribution >= 0.6 is 11.3 Å². The lowest BCUT2D eigenvalue weighted by Gasteiger charge is -2.20. The Labute approximate surface area is 250 Å². The summed E-state index contributed by atoms with van der Waals surface area (Å²) in [5.74, 6) is 0. The molecule has 0 saturated heterocycles. The first-order valence-corrected chi connectivity index (χ1v) is 15.1. The Bertz CT molecular complexity index is 2490. The molecule has 0 atom stereocenters. The Morgan fingerprint density at radius 1 is 0.535 bits per heavy atom. The minimum absolute atomic E-state index is 0.0251. The van der Waals surface area contributed by atoms with Gasteiger partial charge in [-0.2, -0.15) is 0 Å². The molecule has 4 aromatic heterocycles. The summed E-state index contributed by atoms with van der Waals surface area (Å²) in [6.45, 7) is 0. The molecule has 4 heterocycles. The molecular weight excluding hydrogens is 547 g/mol. The van der Waals surface area contributed by atoms with E-state index in [4.69, 9.17) is 0 Å². The predicted molar refractivity (Wildman–Crippen MR) is 180 cm³/mol. The summed E-state index contributed by atoms with van der Waals surface area (Å²) in [5.41, 5.74) is 8.48. The van der Waals surface area contributed by atoms with Gasteiger partial charge in [-0.15, -0.1) is 0 Å². The quantitative estimate of drug-likeness (QED) is 0.213. The first kappa shape index (κ1) is 24.1. The number of hydrogen-bond acceptors (Lipinski definition) is 3. The number of benzene rings is 5. The lowest BCUT2D eigenvalue weighted by Crippen LogP contribution is -2.06. The van der Waals surface area contributed by atoms with Gasteiger partial charge in [-0.1, -0.05) is 84.1 Å². The van der Waals surface area contributed by atoms with Crippen LogP contribution in [0, 0.1) is 0 Å². The Hall–Kier alpha value is -5.52. The molecule has 0 amide bonds. The lowest BCUT2D eigenvalue weighted by atomic mass is 10.0. The monoisotopic (exact) mass is 569 g/mol. The van der Waals surface area contributed by atoms with Crippen molar-refractivity contribution in [2.75, 3.05) is 0 Å². The molecule has 5 heteroatoms. The largest absolute Gasteiger partial charge is 0.307 e. The van der Waals surface area contributed by atoms with Gasteiger partial charge < -0.3 is 9.13 Å². The van der Waals surface area contributed by atoms with E-state index >= 15 is 0 Å². The molecule has 0 aliphatic heterocycles. The van der Waals surface area contributed by atoms with E-state index in [0.717, 1.165) is 54.7 Å². The van der Waals surface area contributed by atoms with Gasteiger partial charge in [0.25, 0.3) is 0 Å². The van der Waals surface area contributed by atoms with Crippen LogP contribution in [0.4, 0.5) is 0 Å². The van der Waals surface area contributed by atoms with E-state index in [1.807, 2.05) is 12.1 Å². The molecule has 5 aromatic carbocycles. The second kappa shape index (κ2) is 9.24. The van der Waals surface area contributed by atoms with Gasteiger partial charge >= 0.3 is 0 Å². The van der Waals surface area contributed by atoms with Crippen molar-refractivity contribution in [3.05, 3.63) is 149 Å². The Morgan fingerprint density at radius 3 is 1.56 bits per heavy atom. The zero-order chi connectivity index (χ0) is 28.5. The van der Waals surface area contributed by atoms with Crippen molar-refractivity contribution in [3.8, 4) is 22.5 Å². The first-order chi connectivity index (χ1) is 21.3. The van der Waals surface area contributed by atoms with Gasteiger partial charge in [0.2, 0.25) is 4.74 Å². The number of nitrogens with zero attached hydrogens (tertiary/aromatic N) is 3. The highest BCUT2D eigenvalue weighted by Gasteiger charge is 2.23. The van der Waals surface area contributed by atoms with E-state index < -0.39 is 0 Å². The highest BCUT2D eigenvalue weighted by atomic mass is 32.1. The maximum Gasteiger partial charge on any atom is 0.233 e. The summed E-state index contributed by atoms with van der Waals surface area (Å²) in [6, 6.07) is 44.5. The molecule has 4 nitrogen and oxygen atoms in total. The smallest absolute Gasteiger partial charge is 0.233 e. The van der Waals surface area contributed by atoms with Gasteiger partial charge in [0, 0.05) is 50.1 Å². The van der Waals surface area contributed by atoms with Gasteiger partial charge in [-0.05, 0) is 59.7 Å². The van der Waals surface area contributed by atoms with Crippen LogP contribution < -0.4 is 4.74 Å². The summed E-state index contributed by atoms with van der Waals surface area (Å²) in [7, 11) is 0. The number of aromatic nitrogens is 3. The highest BCUT2D eigenvalue weighted by Crippen LogP contribution is 2.43. The van der Waals surface area contributed by atoms with Gasteiger partial charge in [-0.3, -0.25) is 9.78 Å². The van der Waals surface area contributed by atoms with Crippen LogP contribution in [-0.2, 0) is 0 Å². The van der Waals surface area contributed by atoms with E-state index in [-0.39, 0.29) is 4.74 Å². The van der Waals surface area contributed by atoms with Crippen LogP contribution in [0.15, 0.2) is 145 Å². The molecule has 0 aliphatic rings. The molecule has 9 aromatic rings. The van der Waals surface area contributed by atoms with E-state index in [2.05, 4.69) is 123 Å². The maximum absolute atomic E-state index is 13.2. The standard InChI is InChI=1S/C38H23N3OS/c42-36-23-29(24-19-21-39-22-20-24)37-35(43-36)18-17-34(40-30-13-5-1-9-25(30)26-10-2-6-14-31(26)40)38(37)41-32-15-7-3-11-27(32)28-12-4-8-16-33(28)41/h1-23H. The lowest BCUT2D eigenvalue weighted by molar-refractivity contribution is 1.11. The molecule has 0 saturated carbocycles. The maximum atomic E-state index is 13.2.